The summed E-state index contributed by atoms with van der Waals surface area (Å²) in [7, 11) is -3.66. The lowest BCUT2D eigenvalue weighted by atomic mass is 10.3. The molecule has 4 N–H and O–H groups in total. The van der Waals surface area contributed by atoms with Gasteiger partial charge < -0.3 is 10.3 Å². The van der Waals surface area contributed by atoms with Gasteiger partial charge in [-0.1, -0.05) is 6.07 Å². The van der Waals surface area contributed by atoms with E-state index >= 15 is 0 Å². The number of nitrogens with two attached hydrogens (primary N) is 1. The Labute approximate surface area is 98.9 Å². The van der Waals surface area contributed by atoms with Crippen molar-refractivity contribution in [3.63, 3.8) is 0 Å². The molecule has 1 aromatic heterocycles. The molecule has 17 heavy (non-hydrogen) atoms. The lowest BCUT2D eigenvalue weighted by Crippen LogP contribution is -2.12. The number of rotatable bonds is 4. The number of aromatic amines is 1. The quantitative estimate of drug-likeness (QED) is 0.744. The summed E-state index contributed by atoms with van der Waals surface area (Å²) in [6.07, 6.45) is 3.37. The summed E-state index contributed by atoms with van der Waals surface area (Å²) in [5.41, 5.74) is 0.674. The molecule has 2 aromatic rings. The molecule has 0 spiro atoms. The van der Waals surface area contributed by atoms with Crippen LogP contribution in [0.4, 0.5) is 5.69 Å². The van der Waals surface area contributed by atoms with E-state index in [1.807, 2.05) is 0 Å². The number of nitrogens with zero attached hydrogens (tertiary/aromatic N) is 1. The Morgan fingerprint density at radius 2 is 2.24 bits per heavy atom. The molecule has 0 amide bonds. The molecule has 0 fully saturated rings. The summed E-state index contributed by atoms with van der Waals surface area (Å²) < 4.78 is 22.3. The van der Waals surface area contributed by atoms with E-state index in [2.05, 4.69) is 15.3 Å². The van der Waals surface area contributed by atoms with Gasteiger partial charge in [0.25, 0.3) is 0 Å². The van der Waals surface area contributed by atoms with E-state index in [1.54, 1.807) is 24.5 Å². The molecule has 0 radical (unpaired) electrons. The third kappa shape index (κ3) is 3.05. The minimum absolute atomic E-state index is 0.0851. The molecular weight excluding hydrogens is 240 g/mol. The zero-order valence-corrected chi connectivity index (χ0v) is 9.74. The van der Waals surface area contributed by atoms with Crippen LogP contribution >= 0.6 is 0 Å². The van der Waals surface area contributed by atoms with Crippen LogP contribution in [0, 0.1) is 0 Å². The van der Waals surface area contributed by atoms with Crippen LogP contribution in [0.15, 0.2) is 41.6 Å². The van der Waals surface area contributed by atoms with Crippen LogP contribution in [0.3, 0.4) is 0 Å². The first-order valence-electron chi connectivity index (χ1n) is 4.91. The fraction of sp³-hybridized carbons (Fsp3) is 0.100. The normalized spacial score (nSPS) is 11.4. The van der Waals surface area contributed by atoms with Gasteiger partial charge in [-0.25, -0.2) is 18.5 Å². The fourth-order valence-electron chi connectivity index (χ4n) is 1.36. The SMILES string of the molecule is NS(=O)(=O)c1cccc(NCc2ncc[nH]2)c1. The van der Waals surface area contributed by atoms with E-state index < -0.39 is 10.0 Å². The maximum Gasteiger partial charge on any atom is 0.238 e. The zero-order chi connectivity index (χ0) is 12.3. The predicted octanol–water partition coefficient (Wildman–Crippen LogP) is 0.669. The Morgan fingerprint density at radius 3 is 2.88 bits per heavy atom. The standard InChI is InChI=1S/C10H12N4O2S/c11-17(15,16)9-3-1-2-8(6-9)14-7-10-12-4-5-13-10/h1-6,14H,7H2,(H,12,13)(H2,11,15,16). The number of H-pyrrole nitrogens is 1. The molecule has 0 aliphatic carbocycles. The molecule has 90 valence electrons. The molecule has 0 bridgehead atoms. The number of hydrogen-bond acceptors (Lipinski definition) is 4. The van der Waals surface area contributed by atoms with Crippen LogP contribution < -0.4 is 10.5 Å². The van der Waals surface area contributed by atoms with Crippen LogP contribution in [-0.2, 0) is 16.6 Å². The van der Waals surface area contributed by atoms with Crippen molar-refractivity contribution in [2.45, 2.75) is 11.4 Å². The van der Waals surface area contributed by atoms with Crippen molar-refractivity contribution in [1.82, 2.24) is 9.97 Å². The minimum atomic E-state index is -3.66. The Hall–Kier alpha value is -1.86. The highest BCUT2D eigenvalue weighted by atomic mass is 32.2. The maximum atomic E-state index is 11.1. The topological polar surface area (TPSA) is 101 Å². The number of imidazole rings is 1. The predicted molar refractivity (Wildman–Crippen MR) is 63.7 cm³/mol. The summed E-state index contributed by atoms with van der Waals surface area (Å²) in [4.78, 5) is 7.06. The van der Waals surface area contributed by atoms with Crippen LogP contribution in [0.1, 0.15) is 5.82 Å². The van der Waals surface area contributed by atoms with E-state index in [0.29, 0.717) is 12.2 Å². The molecule has 1 heterocycles. The first-order valence-corrected chi connectivity index (χ1v) is 6.45. The lowest BCUT2D eigenvalue weighted by Gasteiger charge is -2.05. The fourth-order valence-corrected chi connectivity index (χ4v) is 1.92. The summed E-state index contributed by atoms with van der Waals surface area (Å²) in [6.45, 7) is 0.487. The Morgan fingerprint density at radius 1 is 1.41 bits per heavy atom. The number of aromatic nitrogens is 2. The molecular formula is C10H12N4O2S. The molecule has 0 saturated carbocycles. The highest BCUT2D eigenvalue weighted by molar-refractivity contribution is 7.89. The Kier molecular flexibility index (Phi) is 3.12. The molecule has 1 aromatic carbocycles. The average molecular weight is 252 g/mol. The lowest BCUT2D eigenvalue weighted by molar-refractivity contribution is 0.598. The average Bonchev–Trinajstić information content (AvgIpc) is 2.78. The second-order valence-corrected chi connectivity index (χ2v) is 5.02. The third-order valence-electron chi connectivity index (χ3n) is 2.18. The maximum absolute atomic E-state index is 11.1. The second-order valence-electron chi connectivity index (χ2n) is 3.46. The number of hydrogen-bond donors (Lipinski definition) is 3. The number of sulfonamides is 1. The van der Waals surface area contributed by atoms with E-state index in [1.165, 1.54) is 12.1 Å². The van der Waals surface area contributed by atoms with Gasteiger partial charge in [0.15, 0.2) is 0 Å². The van der Waals surface area contributed by atoms with Gasteiger partial charge in [-0.05, 0) is 18.2 Å². The van der Waals surface area contributed by atoms with Crippen molar-refractivity contribution >= 4 is 15.7 Å². The molecule has 0 unspecified atom stereocenters. The molecule has 7 heteroatoms. The van der Waals surface area contributed by atoms with Crippen LogP contribution in [0.25, 0.3) is 0 Å². The second kappa shape index (κ2) is 4.56. The summed E-state index contributed by atoms with van der Waals surface area (Å²) in [5, 5.41) is 8.09. The highest BCUT2D eigenvalue weighted by Gasteiger charge is 2.07. The van der Waals surface area contributed by atoms with Gasteiger partial charge in [0.2, 0.25) is 10.0 Å². The van der Waals surface area contributed by atoms with Gasteiger partial charge in [0.1, 0.15) is 5.82 Å². The molecule has 2 rings (SSSR count). The van der Waals surface area contributed by atoms with Gasteiger partial charge in [-0.15, -0.1) is 0 Å². The van der Waals surface area contributed by atoms with Crippen molar-refractivity contribution in [3.05, 3.63) is 42.5 Å². The smallest absolute Gasteiger partial charge is 0.238 e. The van der Waals surface area contributed by atoms with E-state index in [4.69, 9.17) is 5.14 Å². The minimum Gasteiger partial charge on any atom is -0.378 e. The number of benzene rings is 1. The van der Waals surface area contributed by atoms with Crippen molar-refractivity contribution in [3.8, 4) is 0 Å². The molecule has 0 aliphatic rings. The van der Waals surface area contributed by atoms with E-state index in [-0.39, 0.29) is 4.90 Å². The highest BCUT2D eigenvalue weighted by Crippen LogP contribution is 2.14. The molecule has 0 saturated heterocycles. The van der Waals surface area contributed by atoms with Crippen molar-refractivity contribution in [2.24, 2.45) is 5.14 Å². The first-order chi connectivity index (χ1) is 8.05. The monoisotopic (exact) mass is 252 g/mol. The van der Waals surface area contributed by atoms with Gasteiger partial charge in [0.05, 0.1) is 11.4 Å². The van der Waals surface area contributed by atoms with Crippen LogP contribution in [0.5, 0.6) is 0 Å². The Balaban J connectivity index is 2.12. The summed E-state index contributed by atoms with van der Waals surface area (Å²) in [6, 6.07) is 6.33. The van der Waals surface area contributed by atoms with Crippen molar-refractivity contribution in [2.75, 3.05) is 5.32 Å². The Bertz CT molecular complexity index is 593. The zero-order valence-electron chi connectivity index (χ0n) is 8.92. The van der Waals surface area contributed by atoms with Gasteiger partial charge in [-0.2, -0.15) is 0 Å². The summed E-state index contributed by atoms with van der Waals surface area (Å²) in [5.74, 6) is 0.769. The number of anilines is 1. The third-order valence-corrected chi connectivity index (χ3v) is 3.09. The van der Waals surface area contributed by atoms with E-state index in [0.717, 1.165) is 5.82 Å². The van der Waals surface area contributed by atoms with Gasteiger partial charge in [0, 0.05) is 18.1 Å². The van der Waals surface area contributed by atoms with E-state index in [9.17, 15) is 8.42 Å². The van der Waals surface area contributed by atoms with Crippen molar-refractivity contribution < 1.29 is 8.42 Å². The van der Waals surface area contributed by atoms with Gasteiger partial charge in [-0.3, -0.25) is 0 Å². The largest absolute Gasteiger partial charge is 0.378 e. The van der Waals surface area contributed by atoms with Crippen molar-refractivity contribution in [1.29, 1.82) is 0 Å². The van der Waals surface area contributed by atoms with Crippen LogP contribution in [-0.4, -0.2) is 18.4 Å². The van der Waals surface area contributed by atoms with Crippen LogP contribution in [0.2, 0.25) is 0 Å². The first kappa shape index (κ1) is 11.6. The molecule has 0 aliphatic heterocycles. The molecule has 0 atom stereocenters. The number of primary sulfonamides is 1. The van der Waals surface area contributed by atoms with Gasteiger partial charge >= 0.3 is 0 Å². The number of nitrogens with one attached hydrogen (secondary N) is 2. The molecule has 6 nitrogen and oxygen atoms in total. The summed E-state index contributed by atoms with van der Waals surface area (Å²) >= 11 is 0.